The van der Waals surface area contributed by atoms with E-state index in [1.807, 2.05) is 0 Å². The van der Waals surface area contributed by atoms with Gasteiger partial charge in [-0.05, 0) is 39.5 Å². The zero-order valence-electron chi connectivity index (χ0n) is 13.6. The third kappa shape index (κ3) is 8.52. The first-order valence-electron chi connectivity index (χ1n) is 8.59. The molecule has 0 fully saturated rings. The highest BCUT2D eigenvalue weighted by atomic mass is 31.2. The molecule has 0 aliphatic carbocycles. The molecule has 0 rings (SSSR count). The third-order valence-corrected chi connectivity index (χ3v) is 9.78. The molecule has 0 aliphatic rings. The molecule has 0 saturated carbocycles. The fourth-order valence-electron chi connectivity index (χ4n) is 2.89. The normalized spacial score (nSPS) is 12.0. The lowest BCUT2D eigenvalue weighted by Gasteiger charge is -2.25. The first kappa shape index (κ1) is 18.4. The van der Waals surface area contributed by atoms with Crippen LogP contribution in [0.1, 0.15) is 85.5 Å². The molecule has 0 amide bonds. The molecule has 0 N–H and O–H groups in total. The summed E-state index contributed by atoms with van der Waals surface area (Å²) < 4.78 is 0. The summed E-state index contributed by atoms with van der Waals surface area (Å²) in [4.78, 5) is 0. The molecule has 0 nitrogen and oxygen atoms in total. The van der Waals surface area contributed by atoms with Gasteiger partial charge in [-0.15, -0.1) is 0 Å². The minimum atomic E-state index is -0.547. The van der Waals surface area contributed by atoms with Crippen molar-refractivity contribution in [2.24, 2.45) is 0 Å². The molecule has 0 aromatic heterocycles. The summed E-state index contributed by atoms with van der Waals surface area (Å²) in [7, 11) is -0.547. The highest BCUT2D eigenvalue weighted by Gasteiger charge is 2.31. The van der Waals surface area contributed by atoms with E-state index in [0.29, 0.717) is 0 Å². The first-order valence-corrected chi connectivity index (χ1v) is 11.1. The van der Waals surface area contributed by atoms with Gasteiger partial charge in [-0.1, -0.05) is 46.0 Å². The summed E-state index contributed by atoms with van der Waals surface area (Å²) in [6, 6.07) is 0. The second-order valence-electron chi connectivity index (χ2n) is 5.90. The second kappa shape index (κ2) is 12.5. The Bertz CT molecular complexity index is 161. The van der Waals surface area contributed by atoms with E-state index in [0.717, 1.165) is 0 Å². The van der Waals surface area contributed by atoms with Crippen molar-refractivity contribution >= 4 is 7.26 Å². The molecule has 0 unspecified atom stereocenters. The summed E-state index contributed by atoms with van der Waals surface area (Å²) in [5.41, 5.74) is 0. The first-order chi connectivity index (χ1) is 8.74. The summed E-state index contributed by atoms with van der Waals surface area (Å²) in [6.45, 7) is 9.55. The Morgan fingerprint density at radius 3 is 1.28 bits per heavy atom. The second-order valence-corrected chi connectivity index (χ2v) is 10.7. The van der Waals surface area contributed by atoms with Gasteiger partial charge < -0.3 is 0 Å². The maximum atomic E-state index is 2.46. The van der Waals surface area contributed by atoms with Crippen molar-refractivity contribution < 1.29 is 0 Å². The fraction of sp³-hybridized carbons (Fsp3) is 1.00. The Hall–Kier alpha value is 0.430. The summed E-state index contributed by atoms with van der Waals surface area (Å²) in [5.74, 6) is 0. The van der Waals surface area contributed by atoms with Crippen molar-refractivity contribution in [2.45, 2.75) is 85.5 Å². The van der Waals surface area contributed by atoms with E-state index in [2.05, 4.69) is 27.7 Å². The van der Waals surface area contributed by atoms with Gasteiger partial charge in [-0.2, -0.15) is 0 Å². The van der Waals surface area contributed by atoms with E-state index in [1.54, 1.807) is 12.3 Å². The van der Waals surface area contributed by atoms with E-state index < -0.39 is 7.26 Å². The molecule has 1 heteroatoms. The van der Waals surface area contributed by atoms with E-state index in [4.69, 9.17) is 0 Å². The maximum absolute atomic E-state index is 2.46. The van der Waals surface area contributed by atoms with Gasteiger partial charge in [0.2, 0.25) is 0 Å². The van der Waals surface area contributed by atoms with Crippen molar-refractivity contribution in [2.75, 3.05) is 24.6 Å². The monoisotopic (exact) mass is 273 g/mol. The van der Waals surface area contributed by atoms with Gasteiger partial charge in [0, 0.05) is 7.26 Å². The van der Waals surface area contributed by atoms with Crippen LogP contribution in [0.25, 0.3) is 0 Å². The Morgan fingerprint density at radius 2 is 0.889 bits per heavy atom. The molecular weight excluding hydrogens is 235 g/mol. The predicted molar refractivity (Wildman–Crippen MR) is 90.6 cm³/mol. The predicted octanol–water partition coefficient (Wildman–Crippen LogP) is 6.59. The number of hydrogen-bond donors (Lipinski definition) is 0. The van der Waals surface area contributed by atoms with Crippen LogP contribution in [0.3, 0.4) is 0 Å². The fourth-order valence-corrected chi connectivity index (χ4v) is 6.62. The van der Waals surface area contributed by atoms with Crippen LogP contribution in [0.4, 0.5) is 0 Å². The molecule has 0 bridgehead atoms. The molecule has 18 heavy (non-hydrogen) atoms. The Morgan fingerprint density at radius 1 is 0.500 bits per heavy atom. The molecule has 110 valence electrons. The van der Waals surface area contributed by atoms with Crippen LogP contribution in [0.15, 0.2) is 0 Å². The highest BCUT2D eigenvalue weighted by molar-refractivity contribution is 7.75. The van der Waals surface area contributed by atoms with Crippen molar-refractivity contribution in [3.8, 4) is 0 Å². The van der Waals surface area contributed by atoms with Gasteiger partial charge in [0.05, 0.1) is 24.6 Å². The van der Waals surface area contributed by atoms with E-state index in [1.165, 1.54) is 70.1 Å². The van der Waals surface area contributed by atoms with Crippen LogP contribution in [0.5, 0.6) is 0 Å². The molecule has 0 aliphatic heterocycles. The zero-order chi connectivity index (χ0) is 13.7. The zero-order valence-corrected chi connectivity index (χ0v) is 14.5. The number of unbranched alkanes of at least 4 members (excludes halogenated alkanes) is 7. The molecule has 0 atom stereocenters. The quantitative estimate of drug-likeness (QED) is 0.262. The number of hydrogen-bond acceptors (Lipinski definition) is 0. The molecule has 0 spiro atoms. The van der Waals surface area contributed by atoms with Crippen LogP contribution < -0.4 is 0 Å². The lowest BCUT2D eigenvalue weighted by Crippen LogP contribution is -2.09. The summed E-state index contributed by atoms with van der Waals surface area (Å²) in [6.07, 6.45) is 19.3. The Kier molecular flexibility index (Phi) is 12.8. The van der Waals surface area contributed by atoms with Crippen molar-refractivity contribution in [3.63, 3.8) is 0 Å². The minimum Gasteiger partial charge on any atom is -0.0654 e. The van der Waals surface area contributed by atoms with E-state index in [-0.39, 0.29) is 0 Å². The Balaban J connectivity index is 3.85. The lowest BCUT2D eigenvalue weighted by molar-refractivity contribution is 0.655. The van der Waals surface area contributed by atoms with Gasteiger partial charge in [-0.25, -0.2) is 0 Å². The van der Waals surface area contributed by atoms with Crippen molar-refractivity contribution in [1.82, 2.24) is 0 Å². The van der Waals surface area contributed by atoms with E-state index in [9.17, 15) is 0 Å². The molecule has 0 radical (unpaired) electrons. The SMILES string of the molecule is CCCCCCC[P+](CC)(CC)CCCCCC. The summed E-state index contributed by atoms with van der Waals surface area (Å²) in [5, 5.41) is 0. The standard InChI is InChI=1S/C17H38P/c1-5-9-11-13-15-17-18(7-3,8-4)16-14-12-10-6-2/h5-17H2,1-4H3/q+1. The molecule has 0 saturated heterocycles. The Labute approximate surface area is 118 Å². The maximum Gasteiger partial charge on any atom is 0.0594 e. The molecular formula is C17H38P+. The highest BCUT2D eigenvalue weighted by Crippen LogP contribution is 2.59. The molecule has 0 heterocycles. The van der Waals surface area contributed by atoms with Crippen LogP contribution in [0.2, 0.25) is 0 Å². The minimum absolute atomic E-state index is 0.547. The average Bonchev–Trinajstić information content (AvgIpc) is 2.41. The molecule has 0 aromatic rings. The van der Waals surface area contributed by atoms with Crippen molar-refractivity contribution in [1.29, 1.82) is 0 Å². The average molecular weight is 273 g/mol. The van der Waals surface area contributed by atoms with Crippen molar-refractivity contribution in [3.05, 3.63) is 0 Å². The smallest absolute Gasteiger partial charge is 0.0594 e. The van der Waals surface area contributed by atoms with Gasteiger partial charge in [0.25, 0.3) is 0 Å². The lowest BCUT2D eigenvalue weighted by atomic mass is 10.2. The van der Waals surface area contributed by atoms with Gasteiger partial charge in [-0.3, -0.25) is 0 Å². The van der Waals surface area contributed by atoms with Crippen LogP contribution in [-0.4, -0.2) is 24.6 Å². The topological polar surface area (TPSA) is 0 Å². The van der Waals surface area contributed by atoms with Crippen LogP contribution in [-0.2, 0) is 0 Å². The third-order valence-electron chi connectivity index (χ3n) is 4.56. The van der Waals surface area contributed by atoms with E-state index >= 15 is 0 Å². The van der Waals surface area contributed by atoms with Crippen LogP contribution in [0, 0.1) is 0 Å². The summed E-state index contributed by atoms with van der Waals surface area (Å²) >= 11 is 0. The van der Waals surface area contributed by atoms with Crippen LogP contribution >= 0.6 is 7.26 Å². The largest absolute Gasteiger partial charge is 0.0654 e. The van der Waals surface area contributed by atoms with Gasteiger partial charge >= 0.3 is 0 Å². The van der Waals surface area contributed by atoms with Gasteiger partial charge in [0.1, 0.15) is 0 Å². The van der Waals surface area contributed by atoms with Gasteiger partial charge in [0.15, 0.2) is 0 Å². The molecule has 0 aromatic carbocycles. The number of rotatable bonds is 13.